The van der Waals surface area contributed by atoms with Crippen LogP contribution in [0.4, 0.5) is 22.5 Å². The molecule has 0 atom stereocenters. The minimum Gasteiger partial charge on any atom is -0.378 e. The molecule has 10 nitrogen and oxygen atoms in total. The fourth-order valence-corrected chi connectivity index (χ4v) is 3.37. The van der Waals surface area contributed by atoms with Crippen molar-refractivity contribution in [1.29, 1.82) is 0 Å². The van der Waals surface area contributed by atoms with Gasteiger partial charge in [-0.1, -0.05) is 0 Å². The van der Waals surface area contributed by atoms with E-state index in [9.17, 15) is 4.79 Å². The molecule has 2 aliphatic heterocycles. The molecule has 4 rings (SSSR count). The number of fused-ring (bicyclic) bond motifs is 1. The van der Waals surface area contributed by atoms with Crippen molar-refractivity contribution in [3.8, 4) is 11.3 Å². The lowest BCUT2D eigenvalue weighted by atomic mass is 10.1. The van der Waals surface area contributed by atoms with Gasteiger partial charge in [-0.25, -0.2) is 19.7 Å². The van der Waals surface area contributed by atoms with Crippen molar-refractivity contribution >= 4 is 23.7 Å². The maximum atomic E-state index is 12.7. The maximum Gasteiger partial charge on any atom is 0.323 e. The van der Waals surface area contributed by atoms with Crippen molar-refractivity contribution in [2.75, 3.05) is 48.4 Å². The maximum absolute atomic E-state index is 12.7. The lowest BCUT2D eigenvalue weighted by Gasteiger charge is -2.28. The number of hydrogen-bond donors (Lipinski definition) is 2. The molecule has 28 heavy (non-hydrogen) atoms. The molecular weight excluding hydrogens is 360 g/mol. The summed E-state index contributed by atoms with van der Waals surface area (Å²) in [5, 5.41) is 2.94. The molecule has 3 N–H and O–H groups in total. The minimum absolute atomic E-state index is 0.0436. The summed E-state index contributed by atoms with van der Waals surface area (Å²) in [4.78, 5) is 34.2. The summed E-state index contributed by atoms with van der Waals surface area (Å²) in [5.41, 5.74) is 8.05. The molecule has 0 aliphatic carbocycles. The van der Waals surface area contributed by atoms with E-state index in [0.29, 0.717) is 51.0 Å². The van der Waals surface area contributed by atoms with E-state index in [1.807, 2.05) is 13.8 Å². The number of anilines is 3. The van der Waals surface area contributed by atoms with E-state index in [1.165, 1.54) is 0 Å². The second-order valence-corrected chi connectivity index (χ2v) is 7.11. The number of ether oxygens (including phenoxy) is 1. The molecule has 1 fully saturated rings. The van der Waals surface area contributed by atoms with Gasteiger partial charge in [0.1, 0.15) is 5.82 Å². The predicted octanol–water partition coefficient (Wildman–Crippen LogP) is 0.833. The number of nitrogens with one attached hydrogen (secondary N) is 1. The Morgan fingerprint density at radius 1 is 1.18 bits per heavy atom. The van der Waals surface area contributed by atoms with Gasteiger partial charge in [0.25, 0.3) is 0 Å². The van der Waals surface area contributed by atoms with Crippen LogP contribution in [0.25, 0.3) is 11.3 Å². The Morgan fingerprint density at radius 3 is 2.57 bits per heavy atom. The number of hydrogen-bond acceptors (Lipinski definition) is 8. The summed E-state index contributed by atoms with van der Waals surface area (Å²) in [6.45, 7) is 7.08. The van der Waals surface area contributed by atoms with Crippen molar-refractivity contribution in [1.82, 2.24) is 25.3 Å². The smallest absolute Gasteiger partial charge is 0.323 e. The van der Waals surface area contributed by atoms with E-state index in [-0.39, 0.29) is 18.0 Å². The van der Waals surface area contributed by atoms with Crippen LogP contribution in [0.3, 0.4) is 0 Å². The average molecular weight is 384 g/mol. The summed E-state index contributed by atoms with van der Waals surface area (Å²) < 4.78 is 5.44. The SMILES string of the molecule is CC(C)NC(=O)N1CCc2c(-c3cnc(N)nc3)nc(N3CCOCC3)nc21. The number of carbonyl (C=O) groups is 1. The van der Waals surface area contributed by atoms with Gasteiger partial charge in [-0.15, -0.1) is 0 Å². The number of urea groups is 1. The van der Waals surface area contributed by atoms with Crippen LogP contribution in [-0.2, 0) is 11.2 Å². The Labute approximate surface area is 163 Å². The third-order valence-electron chi connectivity index (χ3n) is 4.71. The highest BCUT2D eigenvalue weighted by atomic mass is 16.5. The average Bonchev–Trinajstić information content (AvgIpc) is 3.12. The van der Waals surface area contributed by atoms with Crippen molar-refractivity contribution in [3.63, 3.8) is 0 Å². The largest absolute Gasteiger partial charge is 0.378 e. The quantitative estimate of drug-likeness (QED) is 0.798. The molecule has 10 heteroatoms. The van der Waals surface area contributed by atoms with Crippen molar-refractivity contribution in [2.45, 2.75) is 26.3 Å². The molecule has 0 aromatic carbocycles. The first-order valence-corrected chi connectivity index (χ1v) is 9.42. The van der Waals surface area contributed by atoms with Crippen LogP contribution in [0, 0.1) is 0 Å². The summed E-state index contributed by atoms with van der Waals surface area (Å²) >= 11 is 0. The van der Waals surface area contributed by atoms with Gasteiger partial charge in [-0.3, -0.25) is 4.90 Å². The van der Waals surface area contributed by atoms with Gasteiger partial charge in [0.15, 0.2) is 0 Å². The number of nitrogen functional groups attached to an aromatic ring is 1. The first kappa shape index (κ1) is 18.4. The predicted molar refractivity (Wildman–Crippen MR) is 105 cm³/mol. The van der Waals surface area contributed by atoms with E-state index in [1.54, 1.807) is 17.3 Å². The molecule has 2 aromatic rings. The van der Waals surface area contributed by atoms with Gasteiger partial charge in [-0.05, 0) is 20.3 Å². The fourth-order valence-electron chi connectivity index (χ4n) is 3.37. The fraction of sp³-hybridized carbons (Fsp3) is 0.500. The second-order valence-electron chi connectivity index (χ2n) is 7.11. The van der Waals surface area contributed by atoms with Gasteiger partial charge >= 0.3 is 6.03 Å². The summed E-state index contributed by atoms with van der Waals surface area (Å²) in [7, 11) is 0. The molecule has 148 valence electrons. The third-order valence-corrected chi connectivity index (χ3v) is 4.71. The molecule has 2 aromatic heterocycles. The van der Waals surface area contributed by atoms with Crippen LogP contribution in [0.2, 0.25) is 0 Å². The molecule has 0 saturated carbocycles. The number of nitrogens with zero attached hydrogens (tertiary/aromatic N) is 6. The minimum atomic E-state index is -0.153. The summed E-state index contributed by atoms with van der Waals surface area (Å²) in [6.07, 6.45) is 3.99. The first-order valence-electron chi connectivity index (χ1n) is 9.42. The molecule has 2 amide bonds. The van der Waals surface area contributed by atoms with Crippen LogP contribution in [0.5, 0.6) is 0 Å². The van der Waals surface area contributed by atoms with Crippen LogP contribution in [0.15, 0.2) is 12.4 Å². The zero-order valence-corrected chi connectivity index (χ0v) is 16.1. The number of amides is 2. The summed E-state index contributed by atoms with van der Waals surface area (Å²) in [6, 6.07) is -0.109. The number of nitrogens with two attached hydrogens (primary N) is 1. The van der Waals surface area contributed by atoms with Crippen LogP contribution in [0.1, 0.15) is 19.4 Å². The summed E-state index contributed by atoms with van der Waals surface area (Å²) in [5.74, 6) is 1.43. The molecular formula is C18H24N8O2. The lowest BCUT2D eigenvalue weighted by molar-refractivity contribution is 0.122. The molecule has 0 spiro atoms. The molecule has 2 aliphatic rings. The van der Waals surface area contributed by atoms with E-state index < -0.39 is 0 Å². The molecule has 0 unspecified atom stereocenters. The highest BCUT2D eigenvalue weighted by molar-refractivity contribution is 5.94. The van der Waals surface area contributed by atoms with Gasteiger partial charge < -0.3 is 20.7 Å². The van der Waals surface area contributed by atoms with Crippen LogP contribution in [-0.4, -0.2) is 64.9 Å². The normalized spacial score (nSPS) is 16.4. The first-order chi connectivity index (χ1) is 13.5. The van der Waals surface area contributed by atoms with E-state index in [0.717, 1.165) is 16.8 Å². The Balaban J connectivity index is 1.78. The molecule has 0 radical (unpaired) electrons. The molecule has 0 bridgehead atoms. The number of morpholine rings is 1. The van der Waals surface area contributed by atoms with Crippen LogP contribution >= 0.6 is 0 Å². The van der Waals surface area contributed by atoms with E-state index in [2.05, 4.69) is 20.2 Å². The number of carbonyl (C=O) groups excluding carboxylic acids is 1. The van der Waals surface area contributed by atoms with E-state index >= 15 is 0 Å². The third kappa shape index (κ3) is 3.55. The highest BCUT2D eigenvalue weighted by Crippen LogP contribution is 2.35. The molecule has 1 saturated heterocycles. The number of aromatic nitrogens is 4. The zero-order chi connectivity index (χ0) is 19.7. The van der Waals surface area contributed by atoms with Gasteiger partial charge in [-0.2, -0.15) is 4.98 Å². The Bertz CT molecular complexity index is 865. The van der Waals surface area contributed by atoms with Crippen molar-refractivity contribution < 1.29 is 9.53 Å². The van der Waals surface area contributed by atoms with Crippen LogP contribution < -0.4 is 20.9 Å². The standard InChI is InChI=1S/C18H24N8O2/c1-11(2)22-18(27)26-4-3-13-14(12-9-20-16(19)21-10-12)23-17(24-15(13)26)25-5-7-28-8-6-25/h9-11H,3-8H2,1-2H3,(H,22,27)(H2,19,20,21). The second kappa shape index (κ2) is 7.55. The Hall–Kier alpha value is -3.01. The van der Waals surface area contributed by atoms with Crippen molar-refractivity contribution in [3.05, 3.63) is 18.0 Å². The van der Waals surface area contributed by atoms with Gasteiger partial charge in [0.05, 0.1) is 18.9 Å². The van der Waals surface area contributed by atoms with E-state index in [4.69, 9.17) is 20.4 Å². The number of rotatable bonds is 3. The molecule has 4 heterocycles. The topological polar surface area (TPSA) is 122 Å². The lowest BCUT2D eigenvalue weighted by Crippen LogP contribution is -2.43. The Kier molecular flexibility index (Phi) is 4.95. The highest BCUT2D eigenvalue weighted by Gasteiger charge is 2.32. The van der Waals surface area contributed by atoms with Gasteiger partial charge in [0.2, 0.25) is 11.9 Å². The van der Waals surface area contributed by atoms with Gasteiger partial charge in [0, 0.05) is 49.2 Å². The zero-order valence-electron chi connectivity index (χ0n) is 16.1. The van der Waals surface area contributed by atoms with Crippen molar-refractivity contribution in [2.24, 2.45) is 0 Å². The Morgan fingerprint density at radius 2 is 1.89 bits per heavy atom. The monoisotopic (exact) mass is 384 g/mol.